The van der Waals surface area contributed by atoms with E-state index in [0.717, 1.165) is 22.6 Å². The maximum Gasteiger partial charge on any atom is 0.329 e. The number of carbonyl (C=O) groups is 2. The third-order valence-electron chi connectivity index (χ3n) is 3.98. The molecule has 0 radical (unpaired) electrons. The Labute approximate surface area is 154 Å². The maximum atomic E-state index is 11.7. The lowest BCUT2D eigenvalue weighted by molar-refractivity contribution is -0.139. The minimum absolute atomic E-state index is 0.280. The molecule has 138 valence electrons. The number of hydrogen-bond acceptors (Lipinski definition) is 3. The van der Waals surface area contributed by atoms with Gasteiger partial charge in [0.2, 0.25) is 0 Å². The number of rotatable bonds is 5. The highest BCUT2D eigenvalue weighted by atomic mass is 16.2. The molecule has 0 aliphatic rings. The Balaban J connectivity index is 2.09. The van der Waals surface area contributed by atoms with E-state index in [1.807, 2.05) is 39.8 Å². The Morgan fingerprint density at radius 2 is 1.88 bits per heavy atom. The zero-order valence-electron chi connectivity index (χ0n) is 16.0. The monoisotopic (exact) mass is 354 g/mol. The van der Waals surface area contributed by atoms with Gasteiger partial charge in [-0.2, -0.15) is 5.10 Å². The molecule has 0 bridgehead atoms. The second kappa shape index (κ2) is 8.47. The summed E-state index contributed by atoms with van der Waals surface area (Å²) < 4.78 is 2.13. The smallest absolute Gasteiger partial charge is 0.329 e. The normalized spacial score (nSPS) is 11.2. The Bertz CT molecular complexity index is 834. The summed E-state index contributed by atoms with van der Waals surface area (Å²) in [5.41, 5.74) is 7.49. The Morgan fingerprint density at radius 3 is 2.54 bits per heavy atom. The topological polar surface area (TPSA) is 75.5 Å². The summed E-state index contributed by atoms with van der Waals surface area (Å²) in [6.45, 7) is 10.4. The molecule has 0 unspecified atom stereocenters. The molecular formula is C20H26N4O2. The Morgan fingerprint density at radius 1 is 1.15 bits per heavy atom. The van der Waals surface area contributed by atoms with Gasteiger partial charge in [0, 0.05) is 29.2 Å². The van der Waals surface area contributed by atoms with E-state index < -0.39 is 11.8 Å². The van der Waals surface area contributed by atoms with Crippen LogP contribution in [-0.4, -0.2) is 29.1 Å². The summed E-state index contributed by atoms with van der Waals surface area (Å²) >= 11 is 0. The molecule has 0 atom stereocenters. The van der Waals surface area contributed by atoms with Crippen molar-refractivity contribution < 1.29 is 9.59 Å². The van der Waals surface area contributed by atoms with Crippen LogP contribution in [0.25, 0.3) is 5.69 Å². The van der Waals surface area contributed by atoms with Gasteiger partial charge in [-0.25, -0.2) is 5.43 Å². The molecule has 6 nitrogen and oxygen atoms in total. The first-order valence-electron chi connectivity index (χ1n) is 8.66. The van der Waals surface area contributed by atoms with Gasteiger partial charge in [-0.3, -0.25) is 9.59 Å². The van der Waals surface area contributed by atoms with Crippen molar-refractivity contribution in [3.63, 3.8) is 0 Å². The standard InChI is InChI=1S/C20H26N4O2/c1-13(2)11-21-19(25)20(26)23-22-12-17-10-15(4)24(16(17)5)18-8-6-7-14(3)9-18/h6-10,12-13H,11H2,1-5H3,(H,21,25)(H,23,26)/b22-12-. The van der Waals surface area contributed by atoms with Crippen LogP contribution < -0.4 is 10.7 Å². The van der Waals surface area contributed by atoms with Crippen LogP contribution in [0.2, 0.25) is 0 Å². The first kappa shape index (κ1) is 19.4. The highest BCUT2D eigenvalue weighted by molar-refractivity contribution is 6.35. The summed E-state index contributed by atoms with van der Waals surface area (Å²) in [5.74, 6) is -1.17. The largest absolute Gasteiger partial charge is 0.348 e. The highest BCUT2D eigenvalue weighted by Gasteiger charge is 2.13. The summed E-state index contributed by atoms with van der Waals surface area (Å²) in [5, 5.41) is 6.47. The number of benzene rings is 1. The van der Waals surface area contributed by atoms with Gasteiger partial charge in [0.25, 0.3) is 0 Å². The molecular weight excluding hydrogens is 328 g/mol. The van der Waals surface area contributed by atoms with Crippen molar-refractivity contribution in [2.24, 2.45) is 11.0 Å². The number of aromatic nitrogens is 1. The second-order valence-corrected chi connectivity index (χ2v) is 6.80. The molecule has 0 aliphatic heterocycles. The van der Waals surface area contributed by atoms with Crippen molar-refractivity contribution in [2.75, 3.05) is 6.54 Å². The van der Waals surface area contributed by atoms with E-state index in [1.54, 1.807) is 6.21 Å². The van der Waals surface area contributed by atoms with Gasteiger partial charge >= 0.3 is 11.8 Å². The van der Waals surface area contributed by atoms with Crippen molar-refractivity contribution >= 4 is 18.0 Å². The third kappa shape index (κ3) is 4.81. The van der Waals surface area contributed by atoms with Crippen LogP contribution in [0, 0.1) is 26.7 Å². The molecule has 2 amide bonds. The fourth-order valence-electron chi connectivity index (χ4n) is 2.67. The molecule has 26 heavy (non-hydrogen) atoms. The lowest BCUT2D eigenvalue weighted by atomic mass is 10.2. The second-order valence-electron chi connectivity index (χ2n) is 6.80. The van der Waals surface area contributed by atoms with E-state index in [-0.39, 0.29) is 5.92 Å². The molecule has 0 spiro atoms. The minimum Gasteiger partial charge on any atom is -0.348 e. The van der Waals surface area contributed by atoms with Crippen molar-refractivity contribution in [2.45, 2.75) is 34.6 Å². The average Bonchev–Trinajstić information content (AvgIpc) is 2.86. The average molecular weight is 354 g/mol. The van der Waals surface area contributed by atoms with Gasteiger partial charge in [-0.15, -0.1) is 0 Å². The number of hydrazone groups is 1. The number of nitrogens with one attached hydrogen (secondary N) is 2. The fourth-order valence-corrected chi connectivity index (χ4v) is 2.67. The van der Waals surface area contributed by atoms with Crippen LogP contribution in [0.15, 0.2) is 35.4 Å². The van der Waals surface area contributed by atoms with Gasteiger partial charge in [0.05, 0.1) is 6.21 Å². The number of hydrogen-bond donors (Lipinski definition) is 2. The van der Waals surface area contributed by atoms with Crippen LogP contribution >= 0.6 is 0 Å². The molecule has 2 N–H and O–H groups in total. The minimum atomic E-state index is -0.769. The van der Waals surface area contributed by atoms with Crippen LogP contribution in [0.4, 0.5) is 0 Å². The molecule has 2 aromatic rings. The van der Waals surface area contributed by atoms with E-state index >= 15 is 0 Å². The third-order valence-corrected chi connectivity index (χ3v) is 3.98. The molecule has 1 aromatic heterocycles. The predicted molar refractivity (Wildman–Crippen MR) is 104 cm³/mol. The predicted octanol–water partition coefficient (Wildman–Crippen LogP) is 2.62. The molecule has 0 saturated heterocycles. The first-order chi connectivity index (χ1) is 12.3. The van der Waals surface area contributed by atoms with Gasteiger partial charge in [0.15, 0.2) is 0 Å². The summed E-state index contributed by atoms with van der Waals surface area (Å²) in [6.07, 6.45) is 1.56. The van der Waals surface area contributed by atoms with E-state index in [1.165, 1.54) is 5.56 Å². The Hall–Kier alpha value is -2.89. The van der Waals surface area contributed by atoms with Crippen molar-refractivity contribution in [3.8, 4) is 5.69 Å². The molecule has 0 saturated carbocycles. The van der Waals surface area contributed by atoms with Crippen LogP contribution in [0.1, 0.15) is 36.4 Å². The lowest BCUT2D eigenvalue weighted by Crippen LogP contribution is -2.39. The molecule has 0 fully saturated rings. The number of aryl methyl sites for hydroxylation is 2. The number of nitrogens with zero attached hydrogens (tertiary/aromatic N) is 2. The van der Waals surface area contributed by atoms with Gasteiger partial charge < -0.3 is 9.88 Å². The van der Waals surface area contributed by atoms with E-state index in [0.29, 0.717) is 6.54 Å². The van der Waals surface area contributed by atoms with Crippen LogP contribution in [0.3, 0.4) is 0 Å². The SMILES string of the molecule is Cc1cccc(-n2c(C)cc(/C=N\NC(=O)C(=O)NCC(C)C)c2C)c1. The van der Waals surface area contributed by atoms with Crippen molar-refractivity contribution in [3.05, 3.63) is 52.8 Å². The molecule has 1 aromatic carbocycles. The zero-order chi connectivity index (χ0) is 19.3. The van der Waals surface area contributed by atoms with E-state index in [9.17, 15) is 9.59 Å². The van der Waals surface area contributed by atoms with Crippen LogP contribution in [-0.2, 0) is 9.59 Å². The highest BCUT2D eigenvalue weighted by Crippen LogP contribution is 2.20. The van der Waals surface area contributed by atoms with Crippen LogP contribution in [0.5, 0.6) is 0 Å². The maximum absolute atomic E-state index is 11.7. The quantitative estimate of drug-likeness (QED) is 0.492. The van der Waals surface area contributed by atoms with E-state index in [4.69, 9.17) is 0 Å². The number of carbonyl (C=O) groups excluding carboxylic acids is 2. The summed E-state index contributed by atoms with van der Waals surface area (Å²) in [4.78, 5) is 23.4. The number of amides is 2. The van der Waals surface area contributed by atoms with Crippen molar-refractivity contribution in [1.82, 2.24) is 15.3 Å². The fraction of sp³-hybridized carbons (Fsp3) is 0.350. The molecule has 6 heteroatoms. The van der Waals surface area contributed by atoms with Crippen molar-refractivity contribution in [1.29, 1.82) is 0 Å². The Kier molecular flexibility index (Phi) is 6.33. The lowest BCUT2D eigenvalue weighted by Gasteiger charge is -2.10. The van der Waals surface area contributed by atoms with Gasteiger partial charge in [-0.05, 0) is 50.5 Å². The molecule has 0 aliphatic carbocycles. The van der Waals surface area contributed by atoms with Gasteiger partial charge in [0.1, 0.15) is 0 Å². The summed E-state index contributed by atoms with van der Waals surface area (Å²) in [6, 6.07) is 10.2. The molecule has 1 heterocycles. The molecule has 2 rings (SSSR count). The first-order valence-corrected chi connectivity index (χ1v) is 8.66. The van der Waals surface area contributed by atoms with E-state index in [2.05, 4.69) is 45.5 Å². The van der Waals surface area contributed by atoms with Gasteiger partial charge in [-0.1, -0.05) is 26.0 Å². The summed E-state index contributed by atoms with van der Waals surface area (Å²) in [7, 11) is 0. The zero-order valence-corrected chi connectivity index (χ0v) is 16.0.